The Hall–Kier alpha value is -2.17. The maximum Gasteiger partial charge on any atom is 0.335 e. The summed E-state index contributed by atoms with van der Waals surface area (Å²) in [6.45, 7) is 9.24. The number of nitrogens with one attached hydrogen (secondary N) is 2. The molecular weight excluding hydrogens is 580 g/mol. The van der Waals surface area contributed by atoms with Gasteiger partial charge in [-0.05, 0) is 25.7 Å². The first-order valence-corrected chi connectivity index (χ1v) is 15.3. The van der Waals surface area contributed by atoms with Gasteiger partial charge in [-0.2, -0.15) is 0 Å². The number of hydrogen-bond acceptors (Lipinski definition) is 11. The maximum absolute atomic E-state index is 12.9. The monoisotopic (exact) mass is 634 g/mol. The van der Waals surface area contributed by atoms with Crippen molar-refractivity contribution in [2.75, 3.05) is 33.4 Å². The predicted molar refractivity (Wildman–Crippen MR) is 159 cm³/mol. The number of unbranched alkanes of at least 4 members (excludes halogenated alkanes) is 2. The Kier molecular flexibility index (Phi) is 18.8. The lowest BCUT2D eigenvalue weighted by molar-refractivity contribution is -0.293. The molecule has 0 radical (unpaired) electrons. The fourth-order valence-electron chi connectivity index (χ4n) is 5.13. The molecule has 2 amide bonds. The largest absolute Gasteiger partial charge is 0.479 e. The van der Waals surface area contributed by atoms with Crippen LogP contribution in [0.4, 0.5) is 0 Å². The lowest BCUT2D eigenvalue weighted by atomic mass is 9.77. The average molecular weight is 635 g/mol. The Balaban J connectivity index is 2.65. The molecule has 0 spiro atoms. The van der Waals surface area contributed by atoms with Crippen molar-refractivity contribution in [2.45, 2.75) is 109 Å². The summed E-state index contributed by atoms with van der Waals surface area (Å²) in [5, 5.41) is 57.7. The molecule has 1 heterocycles. The molecule has 0 aromatic rings. The Labute approximate surface area is 260 Å². The number of allylic oxidation sites excluding steroid dienone is 1. The van der Waals surface area contributed by atoms with Crippen LogP contribution in [0.5, 0.6) is 0 Å². The second-order valence-electron chi connectivity index (χ2n) is 11.5. The Morgan fingerprint density at radius 2 is 1.61 bits per heavy atom. The van der Waals surface area contributed by atoms with Gasteiger partial charge in [0, 0.05) is 32.0 Å². The van der Waals surface area contributed by atoms with Gasteiger partial charge in [0.15, 0.2) is 12.4 Å². The normalized spacial score (nSPS) is 25.8. The molecule has 14 nitrogen and oxygen atoms in total. The van der Waals surface area contributed by atoms with Gasteiger partial charge in [0.05, 0.1) is 18.8 Å². The van der Waals surface area contributed by atoms with Crippen LogP contribution in [0.25, 0.3) is 0 Å². The van der Waals surface area contributed by atoms with Gasteiger partial charge in [-0.3, -0.25) is 9.59 Å². The minimum Gasteiger partial charge on any atom is -0.479 e. The number of carbonyl (C=O) groups excluding carboxylic acids is 2. The van der Waals surface area contributed by atoms with Crippen LogP contribution in [0.2, 0.25) is 0 Å². The molecule has 0 aliphatic carbocycles. The number of rotatable bonds is 21. The zero-order chi connectivity index (χ0) is 33.4. The summed E-state index contributed by atoms with van der Waals surface area (Å²) in [5.41, 5.74) is 0. The Morgan fingerprint density at radius 1 is 0.977 bits per heavy atom. The van der Waals surface area contributed by atoms with E-state index in [0.717, 1.165) is 32.8 Å². The van der Waals surface area contributed by atoms with Crippen molar-refractivity contribution in [3.8, 4) is 0 Å². The van der Waals surface area contributed by atoms with Crippen LogP contribution in [0.1, 0.15) is 60.3 Å². The summed E-state index contributed by atoms with van der Waals surface area (Å²) in [5.74, 6) is -4.12. The van der Waals surface area contributed by atoms with Crippen LogP contribution in [0.3, 0.4) is 0 Å². The van der Waals surface area contributed by atoms with E-state index in [1.54, 1.807) is 20.8 Å². The van der Waals surface area contributed by atoms with Crippen molar-refractivity contribution in [3.05, 3.63) is 12.2 Å². The molecule has 256 valence electrons. The van der Waals surface area contributed by atoms with Crippen molar-refractivity contribution < 1.29 is 58.9 Å². The SMILES string of the molecule is CCCC/C=C/CCOCC(=O)NCCNC(=O)C(C)C(C(C)C)C(O)C(O)C(OC)OC1C(C(=O)O)OC(C)C(O)C1O. The summed E-state index contributed by atoms with van der Waals surface area (Å²) in [6, 6.07) is 0. The highest BCUT2D eigenvalue weighted by molar-refractivity contribution is 5.79. The molecule has 44 heavy (non-hydrogen) atoms. The number of aliphatic hydroxyl groups is 4. The standard InChI is InChI=1S/C30H54N2O12/c1-7-8-9-10-11-12-15-42-16-20(33)31-13-14-32-28(38)18(4)21(17(2)3)23(35)25(37)30(41-6)44-26-24(36)22(34)19(5)43-27(26)29(39)40/h10-11,17-19,21-27,30,34-37H,7-9,12-16H2,1-6H3,(H,31,33)(H,32,38)(H,39,40)/b11-10+. The maximum atomic E-state index is 12.9. The highest BCUT2D eigenvalue weighted by atomic mass is 16.7. The number of aliphatic hydroxyl groups excluding tert-OH is 4. The minimum atomic E-state index is -1.77. The first-order valence-electron chi connectivity index (χ1n) is 15.3. The second-order valence-corrected chi connectivity index (χ2v) is 11.5. The highest BCUT2D eigenvalue weighted by Gasteiger charge is 2.49. The molecule has 1 aliphatic rings. The number of hydrogen-bond donors (Lipinski definition) is 7. The summed E-state index contributed by atoms with van der Waals surface area (Å²) >= 11 is 0. The fourth-order valence-corrected chi connectivity index (χ4v) is 5.13. The van der Waals surface area contributed by atoms with Crippen LogP contribution < -0.4 is 10.6 Å². The molecule has 1 saturated heterocycles. The summed E-state index contributed by atoms with van der Waals surface area (Å²) in [4.78, 5) is 36.6. The number of carboxylic acid groups (broad SMARTS) is 1. The zero-order valence-electron chi connectivity index (χ0n) is 26.8. The van der Waals surface area contributed by atoms with E-state index in [4.69, 9.17) is 18.9 Å². The van der Waals surface area contributed by atoms with Crippen molar-refractivity contribution in [2.24, 2.45) is 17.8 Å². The van der Waals surface area contributed by atoms with Gasteiger partial charge in [-0.15, -0.1) is 0 Å². The van der Waals surface area contributed by atoms with Crippen LogP contribution in [0, 0.1) is 17.8 Å². The molecule has 0 bridgehead atoms. The van der Waals surface area contributed by atoms with E-state index in [1.165, 1.54) is 6.92 Å². The summed E-state index contributed by atoms with van der Waals surface area (Å²) in [7, 11) is 1.15. The molecule has 1 aliphatic heterocycles. The van der Waals surface area contributed by atoms with E-state index in [0.29, 0.717) is 6.61 Å². The van der Waals surface area contributed by atoms with Crippen LogP contribution >= 0.6 is 0 Å². The third-order valence-corrected chi connectivity index (χ3v) is 7.68. The molecule has 1 fully saturated rings. The predicted octanol–water partition coefficient (Wildman–Crippen LogP) is -0.0466. The van der Waals surface area contributed by atoms with E-state index >= 15 is 0 Å². The van der Waals surface area contributed by atoms with Crippen molar-refractivity contribution in [1.29, 1.82) is 0 Å². The molecule has 14 heteroatoms. The molecule has 10 atom stereocenters. The molecule has 0 aromatic heterocycles. The highest BCUT2D eigenvalue weighted by Crippen LogP contribution is 2.30. The van der Waals surface area contributed by atoms with Crippen molar-refractivity contribution in [1.82, 2.24) is 10.6 Å². The summed E-state index contributed by atoms with van der Waals surface area (Å²) < 4.78 is 21.4. The lowest BCUT2D eigenvalue weighted by Gasteiger charge is -2.42. The van der Waals surface area contributed by atoms with Crippen LogP contribution in [-0.2, 0) is 33.3 Å². The third-order valence-electron chi connectivity index (χ3n) is 7.68. The number of aliphatic carboxylic acids is 1. The van der Waals surface area contributed by atoms with Gasteiger partial charge in [-0.1, -0.05) is 52.7 Å². The number of carbonyl (C=O) groups is 3. The molecule has 7 N–H and O–H groups in total. The van der Waals surface area contributed by atoms with E-state index in [9.17, 15) is 39.9 Å². The van der Waals surface area contributed by atoms with Gasteiger partial charge >= 0.3 is 5.97 Å². The second kappa shape index (κ2) is 20.8. The van der Waals surface area contributed by atoms with Gasteiger partial charge in [0.2, 0.25) is 11.8 Å². The number of ether oxygens (including phenoxy) is 4. The molecule has 10 unspecified atom stereocenters. The molecular formula is C30H54N2O12. The number of carboxylic acids is 1. The zero-order valence-corrected chi connectivity index (χ0v) is 26.8. The molecule has 0 aromatic carbocycles. The van der Waals surface area contributed by atoms with Crippen molar-refractivity contribution >= 4 is 17.8 Å². The molecule has 0 saturated carbocycles. The Morgan fingerprint density at radius 3 is 2.20 bits per heavy atom. The van der Waals surface area contributed by atoms with E-state index in [2.05, 4.69) is 23.6 Å². The topological polar surface area (TPSA) is 213 Å². The van der Waals surface area contributed by atoms with Gasteiger partial charge in [0.1, 0.15) is 31.0 Å². The molecule has 1 rings (SSSR count). The van der Waals surface area contributed by atoms with E-state index in [1.807, 2.05) is 6.08 Å². The van der Waals surface area contributed by atoms with E-state index < -0.39 is 72.7 Å². The fraction of sp³-hybridized carbons (Fsp3) is 0.833. The third kappa shape index (κ3) is 12.7. The van der Waals surface area contributed by atoms with Gasteiger partial charge in [-0.25, -0.2) is 4.79 Å². The van der Waals surface area contributed by atoms with E-state index in [-0.39, 0.29) is 31.5 Å². The summed E-state index contributed by atoms with van der Waals surface area (Å²) in [6.07, 6.45) is -4.27. The lowest BCUT2D eigenvalue weighted by Crippen LogP contribution is -2.62. The first kappa shape index (κ1) is 39.9. The quantitative estimate of drug-likeness (QED) is 0.0503. The average Bonchev–Trinajstić information content (AvgIpc) is 2.98. The van der Waals surface area contributed by atoms with Gasteiger partial charge in [0.25, 0.3) is 0 Å². The number of amides is 2. The smallest absolute Gasteiger partial charge is 0.335 e. The van der Waals surface area contributed by atoms with Crippen LogP contribution in [0.15, 0.2) is 12.2 Å². The van der Waals surface area contributed by atoms with Crippen LogP contribution in [-0.4, -0.2) is 126 Å². The number of methoxy groups -OCH3 is 1. The first-order chi connectivity index (χ1) is 20.8. The Bertz CT molecular complexity index is 888. The minimum absolute atomic E-state index is 0.0927. The van der Waals surface area contributed by atoms with Crippen molar-refractivity contribution in [3.63, 3.8) is 0 Å². The van der Waals surface area contributed by atoms with Gasteiger partial charge < -0.3 is 55.1 Å².